The second-order valence-electron chi connectivity index (χ2n) is 8.38. The molecule has 160 valence electrons. The lowest BCUT2D eigenvalue weighted by Gasteiger charge is -2.37. The van der Waals surface area contributed by atoms with Crippen molar-refractivity contribution < 1.29 is 23.8 Å². The molecule has 1 aliphatic rings. The summed E-state index contributed by atoms with van der Waals surface area (Å²) in [5.41, 5.74) is 1.32. The first-order chi connectivity index (χ1) is 14.3. The molecular weight excluding hydrogens is 382 g/mol. The van der Waals surface area contributed by atoms with Crippen LogP contribution in [0, 0.1) is 0 Å². The highest BCUT2D eigenvalue weighted by Crippen LogP contribution is 2.20. The molecule has 2 atom stereocenters. The van der Waals surface area contributed by atoms with Gasteiger partial charge in [0.1, 0.15) is 17.8 Å². The second-order valence-corrected chi connectivity index (χ2v) is 8.38. The average molecular weight is 411 g/mol. The Morgan fingerprint density at radius 1 is 0.933 bits per heavy atom. The molecule has 2 aromatic rings. The van der Waals surface area contributed by atoms with E-state index in [1.165, 1.54) is 4.90 Å². The lowest BCUT2D eigenvalue weighted by Crippen LogP contribution is -2.57. The van der Waals surface area contributed by atoms with Crippen LogP contribution in [0.5, 0.6) is 0 Å². The predicted octanol–water partition coefficient (Wildman–Crippen LogP) is 3.98. The third kappa shape index (κ3) is 6.40. The van der Waals surface area contributed by atoms with Crippen molar-refractivity contribution in [2.24, 2.45) is 0 Å². The van der Waals surface area contributed by atoms with Gasteiger partial charge in [-0.2, -0.15) is 0 Å². The smallest absolute Gasteiger partial charge is 0.410 e. The third-order valence-electron chi connectivity index (χ3n) is 4.63. The molecule has 1 heterocycles. The minimum Gasteiger partial charge on any atom is -0.444 e. The van der Waals surface area contributed by atoms with E-state index in [9.17, 15) is 9.59 Å². The third-order valence-corrected chi connectivity index (χ3v) is 4.63. The first-order valence-corrected chi connectivity index (χ1v) is 10.1. The van der Waals surface area contributed by atoms with Crippen LogP contribution in [-0.4, -0.2) is 47.7 Å². The molecular formula is C24H29NO5. The lowest BCUT2D eigenvalue weighted by molar-refractivity contribution is -0.156. The molecule has 1 amide bonds. The van der Waals surface area contributed by atoms with Crippen LogP contribution in [-0.2, 0) is 32.2 Å². The van der Waals surface area contributed by atoms with Gasteiger partial charge in [-0.3, -0.25) is 9.69 Å². The van der Waals surface area contributed by atoms with Crippen molar-refractivity contribution in [1.29, 1.82) is 0 Å². The largest absolute Gasteiger partial charge is 0.444 e. The molecule has 0 N–H and O–H groups in total. The van der Waals surface area contributed by atoms with Gasteiger partial charge in [-0.05, 0) is 31.9 Å². The van der Waals surface area contributed by atoms with Gasteiger partial charge in [0, 0.05) is 0 Å². The number of hydrogen-bond acceptors (Lipinski definition) is 5. The van der Waals surface area contributed by atoms with Crippen molar-refractivity contribution in [3.63, 3.8) is 0 Å². The van der Waals surface area contributed by atoms with Crippen molar-refractivity contribution in [1.82, 2.24) is 4.90 Å². The van der Waals surface area contributed by atoms with E-state index in [0.29, 0.717) is 13.2 Å². The van der Waals surface area contributed by atoms with E-state index in [0.717, 1.165) is 11.1 Å². The Morgan fingerprint density at radius 2 is 1.47 bits per heavy atom. The number of benzene rings is 2. The van der Waals surface area contributed by atoms with Crippen LogP contribution in [0.4, 0.5) is 4.79 Å². The van der Waals surface area contributed by atoms with Gasteiger partial charge in [0.15, 0.2) is 5.78 Å². The Morgan fingerprint density at radius 3 is 2.00 bits per heavy atom. The molecule has 0 saturated carbocycles. The predicted molar refractivity (Wildman–Crippen MR) is 113 cm³/mol. The van der Waals surface area contributed by atoms with Crippen LogP contribution in [0.25, 0.3) is 0 Å². The van der Waals surface area contributed by atoms with E-state index in [1.54, 1.807) is 20.8 Å². The van der Waals surface area contributed by atoms with E-state index >= 15 is 0 Å². The van der Waals surface area contributed by atoms with Gasteiger partial charge in [-0.25, -0.2) is 4.79 Å². The highest BCUT2D eigenvalue weighted by Gasteiger charge is 2.40. The van der Waals surface area contributed by atoms with Gasteiger partial charge in [-0.15, -0.1) is 0 Å². The lowest BCUT2D eigenvalue weighted by atomic mass is 10.0. The number of hydrogen-bond donors (Lipinski definition) is 0. The summed E-state index contributed by atoms with van der Waals surface area (Å²) in [5, 5.41) is 0. The van der Waals surface area contributed by atoms with E-state index in [-0.39, 0.29) is 18.9 Å². The summed E-state index contributed by atoms with van der Waals surface area (Å²) in [6.07, 6.45) is -1.85. The zero-order chi connectivity index (χ0) is 21.6. The van der Waals surface area contributed by atoms with Crippen molar-refractivity contribution >= 4 is 11.9 Å². The Kier molecular flexibility index (Phi) is 7.24. The molecule has 1 fully saturated rings. The highest BCUT2D eigenvalue weighted by molar-refractivity contribution is 5.89. The molecule has 0 bridgehead atoms. The Hall–Kier alpha value is -2.70. The molecule has 30 heavy (non-hydrogen) atoms. The minimum atomic E-state index is -0.743. The Balaban J connectivity index is 1.70. The first kappa shape index (κ1) is 22.0. The van der Waals surface area contributed by atoms with Gasteiger partial charge in [0.2, 0.25) is 0 Å². The molecule has 6 heteroatoms. The summed E-state index contributed by atoms with van der Waals surface area (Å²) >= 11 is 0. The van der Waals surface area contributed by atoms with Gasteiger partial charge in [-0.1, -0.05) is 60.7 Å². The normalized spacial score (nSPS) is 19.6. The Bertz CT molecular complexity index is 832. The number of ether oxygens (including phenoxy) is 3. The minimum absolute atomic E-state index is 0.0560. The number of likely N-dealkylation sites (tertiary alicyclic amines) is 1. The summed E-state index contributed by atoms with van der Waals surface area (Å²) in [6, 6.07) is 19.4. The molecule has 0 unspecified atom stereocenters. The number of piperidine rings is 1. The summed E-state index contributed by atoms with van der Waals surface area (Å²) in [4.78, 5) is 26.8. The fraction of sp³-hybridized carbons (Fsp3) is 0.417. The van der Waals surface area contributed by atoms with Crippen molar-refractivity contribution in [3.05, 3.63) is 71.8 Å². The van der Waals surface area contributed by atoms with E-state index in [1.807, 2.05) is 60.7 Å². The first-order valence-electron chi connectivity index (χ1n) is 10.1. The Labute approximate surface area is 177 Å². The van der Waals surface area contributed by atoms with Gasteiger partial charge < -0.3 is 14.2 Å². The van der Waals surface area contributed by atoms with Crippen LogP contribution >= 0.6 is 0 Å². The van der Waals surface area contributed by atoms with Crippen molar-refractivity contribution in [2.75, 3.05) is 13.1 Å². The molecule has 0 spiro atoms. The topological polar surface area (TPSA) is 65.1 Å². The number of Topliss-reactive ketones (excluding diaryl/α,β-unsaturated/α-hetero) is 1. The zero-order valence-corrected chi connectivity index (χ0v) is 17.7. The average Bonchev–Trinajstić information content (AvgIpc) is 2.71. The number of rotatable bonds is 6. The number of carbonyl (C=O) groups excluding carboxylic acids is 2. The number of amides is 1. The van der Waals surface area contributed by atoms with Crippen LogP contribution < -0.4 is 0 Å². The van der Waals surface area contributed by atoms with Crippen LogP contribution in [0.3, 0.4) is 0 Å². The molecule has 2 aromatic carbocycles. The molecule has 6 nitrogen and oxygen atoms in total. The van der Waals surface area contributed by atoms with Gasteiger partial charge in [0.05, 0.1) is 26.3 Å². The maximum absolute atomic E-state index is 12.9. The SMILES string of the molecule is CC(C)(C)OC(=O)N1CC(=O)[C@H](OCc2ccccc2)[C@H](OCc2ccccc2)C1. The molecule has 1 aliphatic heterocycles. The second kappa shape index (κ2) is 9.87. The summed E-state index contributed by atoms with van der Waals surface area (Å²) in [6.45, 7) is 6.19. The fourth-order valence-corrected chi connectivity index (χ4v) is 3.21. The van der Waals surface area contributed by atoms with Crippen molar-refractivity contribution in [2.45, 2.75) is 51.8 Å². The van der Waals surface area contributed by atoms with Gasteiger partial charge >= 0.3 is 6.09 Å². The highest BCUT2D eigenvalue weighted by atomic mass is 16.6. The molecule has 0 radical (unpaired) electrons. The van der Waals surface area contributed by atoms with E-state index < -0.39 is 23.9 Å². The van der Waals surface area contributed by atoms with Crippen molar-refractivity contribution in [3.8, 4) is 0 Å². The van der Waals surface area contributed by atoms with Gasteiger partial charge in [0.25, 0.3) is 0 Å². The molecule has 0 aromatic heterocycles. The summed E-state index contributed by atoms with van der Waals surface area (Å²) in [5.74, 6) is -0.193. The quantitative estimate of drug-likeness (QED) is 0.719. The fourth-order valence-electron chi connectivity index (χ4n) is 3.21. The van der Waals surface area contributed by atoms with Crippen LogP contribution in [0.1, 0.15) is 31.9 Å². The van der Waals surface area contributed by atoms with Crippen LogP contribution in [0.15, 0.2) is 60.7 Å². The van der Waals surface area contributed by atoms with E-state index in [4.69, 9.17) is 14.2 Å². The maximum Gasteiger partial charge on any atom is 0.410 e. The summed E-state index contributed by atoms with van der Waals surface area (Å²) in [7, 11) is 0. The number of nitrogens with zero attached hydrogens (tertiary/aromatic N) is 1. The molecule has 0 aliphatic carbocycles. The van der Waals surface area contributed by atoms with Crippen LogP contribution in [0.2, 0.25) is 0 Å². The molecule has 1 saturated heterocycles. The van der Waals surface area contributed by atoms with E-state index in [2.05, 4.69) is 0 Å². The standard InChI is InChI=1S/C24H29NO5/c1-24(2,3)30-23(27)25-14-20(26)22(29-17-19-12-8-5-9-13-19)21(15-25)28-16-18-10-6-4-7-11-18/h4-13,21-22H,14-17H2,1-3H3/t21-,22+/m1/s1. The number of ketones is 1. The number of carbonyl (C=O) groups is 2. The molecule has 3 rings (SSSR count). The monoisotopic (exact) mass is 411 g/mol. The maximum atomic E-state index is 12.9. The summed E-state index contributed by atoms with van der Waals surface area (Å²) < 4.78 is 17.5. The zero-order valence-electron chi connectivity index (χ0n) is 17.7.